The molecule has 0 aliphatic rings. The first kappa shape index (κ1) is 14.0. The minimum Gasteiger partial charge on any atom is -0.324 e. The van der Waals surface area contributed by atoms with Gasteiger partial charge in [0.2, 0.25) is 0 Å². The van der Waals surface area contributed by atoms with Crippen LogP contribution >= 0.6 is 11.6 Å². The van der Waals surface area contributed by atoms with E-state index in [2.05, 4.69) is 0 Å². The fourth-order valence-corrected chi connectivity index (χ4v) is 2.44. The van der Waals surface area contributed by atoms with E-state index in [0.717, 1.165) is 11.1 Å². The number of aryl methyl sites for hydroxylation is 2. The number of hydrogen-bond donors (Lipinski definition) is 1. The number of halogens is 2. The summed E-state index contributed by atoms with van der Waals surface area (Å²) in [6.07, 6.45) is 0.686. The Morgan fingerprint density at radius 1 is 1.16 bits per heavy atom. The standard InChI is InChI=1S/C16H17ClFN/c1-10-6-13(7-11(2)16(10)18)15(19)9-12-4-3-5-14(17)8-12/h3-8,15H,9,19H2,1-2H3. The van der Waals surface area contributed by atoms with Gasteiger partial charge in [-0.25, -0.2) is 4.39 Å². The SMILES string of the molecule is Cc1cc(C(N)Cc2cccc(Cl)c2)cc(C)c1F. The Labute approximate surface area is 118 Å². The molecule has 0 radical (unpaired) electrons. The molecule has 0 spiro atoms. The van der Waals surface area contributed by atoms with Crippen molar-refractivity contribution >= 4 is 11.6 Å². The van der Waals surface area contributed by atoms with Crippen molar-refractivity contribution in [2.45, 2.75) is 26.3 Å². The molecule has 1 atom stereocenters. The minimum absolute atomic E-state index is 0.154. The molecule has 2 aromatic carbocycles. The third-order valence-electron chi connectivity index (χ3n) is 3.23. The molecule has 2 rings (SSSR count). The van der Waals surface area contributed by atoms with E-state index in [1.807, 2.05) is 36.4 Å². The van der Waals surface area contributed by atoms with Gasteiger partial charge in [0.05, 0.1) is 0 Å². The average molecular weight is 278 g/mol. The van der Waals surface area contributed by atoms with Crippen LogP contribution in [0.25, 0.3) is 0 Å². The van der Waals surface area contributed by atoms with Crippen LogP contribution in [-0.2, 0) is 6.42 Å². The summed E-state index contributed by atoms with van der Waals surface area (Å²) in [6, 6.07) is 11.1. The molecule has 0 fully saturated rings. The van der Waals surface area contributed by atoms with Gasteiger partial charge >= 0.3 is 0 Å². The van der Waals surface area contributed by atoms with Gasteiger partial charge in [-0.05, 0) is 54.7 Å². The van der Waals surface area contributed by atoms with Gasteiger partial charge in [0.15, 0.2) is 0 Å². The summed E-state index contributed by atoms with van der Waals surface area (Å²) < 4.78 is 13.6. The van der Waals surface area contributed by atoms with Gasteiger partial charge in [0.25, 0.3) is 0 Å². The summed E-state index contributed by atoms with van der Waals surface area (Å²) in [5.74, 6) is -0.154. The first-order valence-corrected chi connectivity index (χ1v) is 6.62. The zero-order valence-electron chi connectivity index (χ0n) is 11.1. The largest absolute Gasteiger partial charge is 0.324 e. The molecule has 0 heterocycles. The van der Waals surface area contributed by atoms with Crippen LogP contribution in [0.1, 0.15) is 28.3 Å². The number of benzene rings is 2. The van der Waals surface area contributed by atoms with Gasteiger partial charge < -0.3 is 5.73 Å². The topological polar surface area (TPSA) is 26.0 Å². The Balaban J connectivity index is 2.23. The Kier molecular flexibility index (Phi) is 4.23. The Bertz CT molecular complexity index is 572. The monoisotopic (exact) mass is 277 g/mol. The van der Waals surface area contributed by atoms with Crippen LogP contribution in [0.5, 0.6) is 0 Å². The van der Waals surface area contributed by atoms with E-state index in [4.69, 9.17) is 17.3 Å². The van der Waals surface area contributed by atoms with Crippen LogP contribution in [0, 0.1) is 19.7 Å². The molecule has 0 saturated heterocycles. The van der Waals surface area contributed by atoms with Crippen molar-refractivity contribution in [1.29, 1.82) is 0 Å². The summed E-state index contributed by atoms with van der Waals surface area (Å²) in [5.41, 5.74) is 9.51. The van der Waals surface area contributed by atoms with Crippen molar-refractivity contribution in [3.8, 4) is 0 Å². The Morgan fingerprint density at radius 3 is 2.37 bits per heavy atom. The van der Waals surface area contributed by atoms with E-state index < -0.39 is 0 Å². The molecule has 3 heteroatoms. The van der Waals surface area contributed by atoms with E-state index in [1.54, 1.807) is 13.8 Å². The van der Waals surface area contributed by atoms with Crippen molar-refractivity contribution < 1.29 is 4.39 Å². The normalized spacial score (nSPS) is 12.5. The van der Waals surface area contributed by atoms with Crippen LogP contribution in [0.3, 0.4) is 0 Å². The third kappa shape index (κ3) is 3.34. The average Bonchev–Trinajstić information content (AvgIpc) is 2.35. The van der Waals surface area contributed by atoms with Gasteiger partial charge in [-0.2, -0.15) is 0 Å². The van der Waals surface area contributed by atoms with Crippen molar-refractivity contribution in [2.24, 2.45) is 5.73 Å². The molecule has 1 nitrogen and oxygen atoms in total. The van der Waals surface area contributed by atoms with Crippen LogP contribution < -0.4 is 5.73 Å². The fraction of sp³-hybridized carbons (Fsp3) is 0.250. The van der Waals surface area contributed by atoms with Crippen molar-refractivity contribution in [2.75, 3.05) is 0 Å². The molecule has 19 heavy (non-hydrogen) atoms. The van der Waals surface area contributed by atoms with E-state index in [0.29, 0.717) is 22.6 Å². The fourth-order valence-electron chi connectivity index (χ4n) is 2.23. The zero-order valence-corrected chi connectivity index (χ0v) is 11.8. The summed E-state index contributed by atoms with van der Waals surface area (Å²) in [6.45, 7) is 3.52. The van der Waals surface area contributed by atoms with E-state index >= 15 is 0 Å². The van der Waals surface area contributed by atoms with Crippen LogP contribution in [0.15, 0.2) is 36.4 Å². The molecule has 0 aromatic heterocycles. The smallest absolute Gasteiger partial charge is 0.129 e. The molecular formula is C16H17ClFN. The second kappa shape index (κ2) is 5.72. The number of hydrogen-bond acceptors (Lipinski definition) is 1. The van der Waals surface area contributed by atoms with Gasteiger partial charge in [-0.3, -0.25) is 0 Å². The molecule has 1 unspecified atom stereocenters. The molecule has 0 amide bonds. The molecule has 100 valence electrons. The maximum Gasteiger partial charge on any atom is 0.129 e. The van der Waals surface area contributed by atoms with Crippen molar-refractivity contribution in [3.63, 3.8) is 0 Å². The highest BCUT2D eigenvalue weighted by molar-refractivity contribution is 6.30. The van der Waals surface area contributed by atoms with Crippen LogP contribution in [0.2, 0.25) is 5.02 Å². The first-order chi connectivity index (χ1) is 8.97. The van der Waals surface area contributed by atoms with E-state index in [9.17, 15) is 4.39 Å². The highest BCUT2D eigenvalue weighted by atomic mass is 35.5. The third-order valence-corrected chi connectivity index (χ3v) is 3.47. The summed E-state index contributed by atoms with van der Waals surface area (Å²) in [4.78, 5) is 0. The Morgan fingerprint density at radius 2 is 1.79 bits per heavy atom. The lowest BCUT2D eigenvalue weighted by molar-refractivity contribution is 0.605. The van der Waals surface area contributed by atoms with Crippen molar-refractivity contribution in [1.82, 2.24) is 0 Å². The van der Waals surface area contributed by atoms with Crippen molar-refractivity contribution in [3.05, 3.63) is 69.5 Å². The predicted octanol–water partition coefficient (Wildman–Crippen LogP) is 4.34. The number of nitrogens with two attached hydrogens (primary N) is 1. The molecule has 0 aliphatic heterocycles. The van der Waals surface area contributed by atoms with E-state index in [1.165, 1.54) is 0 Å². The second-order valence-corrected chi connectivity index (χ2v) is 5.35. The molecule has 0 saturated carbocycles. The predicted molar refractivity (Wildman–Crippen MR) is 78.0 cm³/mol. The molecule has 0 aliphatic carbocycles. The lowest BCUT2D eigenvalue weighted by Gasteiger charge is -2.15. The van der Waals surface area contributed by atoms with Gasteiger partial charge in [-0.1, -0.05) is 35.9 Å². The molecule has 2 aromatic rings. The van der Waals surface area contributed by atoms with Crippen LogP contribution in [-0.4, -0.2) is 0 Å². The summed E-state index contributed by atoms with van der Waals surface area (Å²) in [7, 11) is 0. The van der Waals surface area contributed by atoms with Gasteiger partial charge in [0.1, 0.15) is 5.82 Å². The first-order valence-electron chi connectivity index (χ1n) is 6.24. The van der Waals surface area contributed by atoms with Gasteiger partial charge in [0, 0.05) is 11.1 Å². The summed E-state index contributed by atoms with van der Waals surface area (Å²) in [5, 5.41) is 0.705. The quantitative estimate of drug-likeness (QED) is 0.887. The molecular weight excluding hydrogens is 261 g/mol. The highest BCUT2D eigenvalue weighted by Gasteiger charge is 2.11. The zero-order chi connectivity index (χ0) is 14.0. The maximum atomic E-state index is 13.6. The highest BCUT2D eigenvalue weighted by Crippen LogP contribution is 2.22. The summed E-state index contributed by atoms with van der Waals surface area (Å²) >= 11 is 5.96. The lowest BCUT2D eigenvalue weighted by Crippen LogP contribution is -2.14. The Hall–Kier alpha value is -1.38. The minimum atomic E-state index is -0.156. The molecule has 2 N–H and O–H groups in total. The maximum absolute atomic E-state index is 13.6. The van der Waals surface area contributed by atoms with Gasteiger partial charge in [-0.15, -0.1) is 0 Å². The lowest BCUT2D eigenvalue weighted by atomic mass is 9.96. The number of rotatable bonds is 3. The second-order valence-electron chi connectivity index (χ2n) is 4.91. The van der Waals surface area contributed by atoms with Crippen LogP contribution in [0.4, 0.5) is 4.39 Å². The molecule has 0 bridgehead atoms. The van der Waals surface area contributed by atoms with E-state index in [-0.39, 0.29) is 11.9 Å².